The van der Waals surface area contributed by atoms with E-state index in [1.165, 1.54) is 6.08 Å². The van der Waals surface area contributed by atoms with E-state index >= 15 is 0 Å². The maximum absolute atomic E-state index is 11.8. The quantitative estimate of drug-likeness (QED) is 0.471. The average molecular weight is 428 g/mol. The first-order chi connectivity index (χ1) is 14.0. The van der Waals surface area contributed by atoms with Crippen molar-refractivity contribution in [2.45, 2.75) is 6.92 Å². The minimum Gasteiger partial charge on any atom is -0.353 e. The summed E-state index contributed by atoms with van der Waals surface area (Å²) in [6, 6.07) is 5.94. The Morgan fingerprint density at radius 3 is 2.59 bits per heavy atom. The number of allylic oxidation sites excluding steroid dienone is 5. The lowest BCUT2D eigenvalue weighted by molar-refractivity contribution is -0.126. The average Bonchev–Trinajstić information content (AvgIpc) is 2.75. The van der Waals surface area contributed by atoms with Gasteiger partial charge < -0.3 is 9.80 Å². The summed E-state index contributed by atoms with van der Waals surface area (Å²) in [6.07, 6.45) is 8.41. The molecule has 1 fully saturated rings. The lowest BCUT2D eigenvalue weighted by atomic mass is 10.0. The maximum Gasteiger partial charge on any atom is 0.246 e. The zero-order chi connectivity index (χ0) is 21.0. The molecule has 4 nitrogen and oxygen atoms in total. The molecule has 6 heteroatoms. The van der Waals surface area contributed by atoms with Gasteiger partial charge in [-0.1, -0.05) is 48.5 Å². The number of benzene rings is 1. The highest BCUT2D eigenvalue weighted by molar-refractivity contribution is 6.36. The zero-order valence-corrected chi connectivity index (χ0v) is 17.9. The van der Waals surface area contributed by atoms with Crippen molar-refractivity contribution in [1.82, 2.24) is 9.88 Å². The van der Waals surface area contributed by atoms with Crippen LogP contribution in [-0.2, 0) is 4.79 Å². The van der Waals surface area contributed by atoms with Crippen LogP contribution in [0.25, 0.3) is 16.3 Å². The topological polar surface area (TPSA) is 36.4 Å². The van der Waals surface area contributed by atoms with Crippen molar-refractivity contribution in [1.29, 1.82) is 0 Å². The monoisotopic (exact) mass is 427 g/mol. The molecule has 2 heterocycles. The van der Waals surface area contributed by atoms with Gasteiger partial charge >= 0.3 is 0 Å². The summed E-state index contributed by atoms with van der Waals surface area (Å²) < 4.78 is 0. The Hall–Kier alpha value is -2.56. The number of piperazine rings is 1. The second-order valence-electron chi connectivity index (χ2n) is 6.77. The first-order valence-corrected chi connectivity index (χ1v) is 10.1. The van der Waals surface area contributed by atoms with Gasteiger partial charge in [-0.25, -0.2) is 4.98 Å². The van der Waals surface area contributed by atoms with Gasteiger partial charge in [0.25, 0.3) is 0 Å². The molecule has 1 aliphatic rings. The highest BCUT2D eigenvalue weighted by Gasteiger charge is 2.22. The Morgan fingerprint density at radius 1 is 1.21 bits per heavy atom. The fourth-order valence-corrected chi connectivity index (χ4v) is 3.88. The zero-order valence-electron chi connectivity index (χ0n) is 16.4. The molecular formula is C23H23Cl2N3O. The van der Waals surface area contributed by atoms with Crippen molar-refractivity contribution in [2.24, 2.45) is 0 Å². The largest absolute Gasteiger partial charge is 0.353 e. The van der Waals surface area contributed by atoms with Crippen LogP contribution in [0.15, 0.2) is 66.9 Å². The van der Waals surface area contributed by atoms with E-state index in [-0.39, 0.29) is 5.91 Å². The van der Waals surface area contributed by atoms with Gasteiger partial charge in [-0.3, -0.25) is 4.79 Å². The van der Waals surface area contributed by atoms with Gasteiger partial charge in [0.05, 0.1) is 0 Å². The van der Waals surface area contributed by atoms with E-state index in [1.807, 2.05) is 25.1 Å². The standard InChI is InChI=1S/C23H23Cl2N3O/c1-4-6-7-20(24)16(3)18-15-19-17(14-21(18)25)8-9-26-23(19)28-12-10-27(11-13-28)22(29)5-2/h4-9,14-15H,1-2,10-13H2,3H3/b7-6-,20-16-. The lowest BCUT2D eigenvalue weighted by Gasteiger charge is -2.35. The number of aromatic nitrogens is 1. The first-order valence-electron chi connectivity index (χ1n) is 9.36. The number of amides is 1. The fraction of sp³-hybridized carbons (Fsp3) is 0.217. The van der Waals surface area contributed by atoms with Crippen LogP contribution in [-0.4, -0.2) is 42.0 Å². The molecule has 0 radical (unpaired) electrons. The minimum absolute atomic E-state index is 0.0346. The summed E-state index contributed by atoms with van der Waals surface area (Å²) in [7, 11) is 0. The molecule has 0 bridgehead atoms. The molecule has 0 unspecified atom stereocenters. The van der Waals surface area contributed by atoms with Crippen molar-refractivity contribution in [3.05, 3.63) is 77.5 Å². The van der Waals surface area contributed by atoms with Crippen molar-refractivity contribution in [3.63, 3.8) is 0 Å². The smallest absolute Gasteiger partial charge is 0.246 e. The van der Waals surface area contributed by atoms with E-state index in [0.29, 0.717) is 36.2 Å². The number of anilines is 1. The predicted octanol–water partition coefficient (Wildman–Crippen LogP) is 5.43. The van der Waals surface area contributed by atoms with E-state index < -0.39 is 0 Å². The molecule has 0 N–H and O–H groups in total. The van der Waals surface area contributed by atoms with Crippen LogP contribution in [0.4, 0.5) is 5.82 Å². The molecule has 2 aromatic rings. The van der Waals surface area contributed by atoms with Crippen LogP contribution in [0.5, 0.6) is 0 Å². The SMILES string of the molecule is C=C/C=C\C(Cl)=C(/C)c1cc2c(N3CCN(C(=O)C=C)CC3)nccc2cc1Cl. The van der Waals surface area contributed by atoms with Crippen LogP contribution in [0.1, 0.15) is 12.5 Å². The van der Waals surface area contributed by atoms with Crippen LogP contribution in [0.3, 0.4) is 0 Å². The van der Waals surface area contributed by atoms with Gasteiger partial charge in [0.1, 0.15) is 5.82 Å². The van der Waals surface area contributed by atoms with Crippen molar-refractivity contribution in [3.8, 4) is 0 Å². The Morgan fingerprint density at radius 2 is 1.93 bits per heavy atom. The van der Waals surface area contributed by atoms with Gasteiger partial charge in [-0.15, -0.1) is 0 Å². The van der Waals surface area contributed by atoms with Gasteiger partial charge in [0.15, 0.2) is 0 Å². The summed E-state index contributed by atoms with van der Waals surface area (Å²) in [6.45, 7) is 11.9. The molecule has 29 heavy (non-hydrogen) atoms. The number of carbonyl (C=O) groups excluding carboxylic acids is 1. The molecule has 3 rings (SSSR count). The number of rotatable bonds is 5. The van der Waals surface area contributed by atoms with E-state index in [9.17, 15) is 4.79 Å². The second-order valence-corrected chi connectivity index (χ2v) is 7.59. The predicted molar refractivity (Wildman–Crippen MR) is 124 cm³/mol. The molecule has 0 aliphatic carbocycles. The number of fused-ring (bicyclic) bond motifs is 1. The summed E-state index contributed by atoms with van der Waals surface area (Å²) in [5.74, 6) is 0.851. The number of hydrogen-bond acceptors (Lipinski definition) is 3. The molecule has 1 aromatic heterocycles. The molecular weight excluding hydrogens is 405 g/mol. The van der Waals surface area contributed by atoms with Gasteiger partial charge in [0, 0.05) is 47.8 Å². The molecule has 1 aromatic carbocycles. The molecule has 0 atom stereocenters. The summed E-state index contributed by atoms with van der Waals surface area (Å²) in [4.78, 5) is 20.5. The number of pyridine rings is 1. The third kappa shape index (κ3) is 4.55. The van der Waals surface area contributed by atoms with Crippen LogP contribution in [0.2, 0.25) is 5.02 Å². The summed E-state index contributed by atoms with van der Waals surface area (Å²) in [5.41, 5.74) is 1.75. The molecule has 1 aliphatic heterocycles. The Kier molecular flexibility index (Phi) is 6.78. The van der Waals surface area contributed by atoms with Gasteiger partial charge in [-0.2, -0.15) is 0 Å². The van der Waals surface area contributed by atoms with E-state index in [0.717, 1.165) is 27.7 Å². The number of nitrogens with zero attached hydrogens (tertiary/aromatic N) is 3. The first kappa shape index (κ1) is 21.2. The van der Waals surface area contributed by atoms with Crippen LogP contribution >= 0.6 is 23.2 Å². The highest BCUT2D eigenvalue weighted by atomic mass is 35.5. The van der Waals surface area contributed by atoms with Gasteiger partial charge in [-0.05, 0) is 53.8 Å². The van der Waals surface area contributed by atoms with Crippen LogP contribution < -0.4 is 4.90 Å². The van der Waals surface area contributed by atoms with E-state index in [2.05, 4.69) is 23.0 Å². The van der Waals surface area contributed by atoms with Crippen molar-refractivity contribution in [2.75, 3.05) is 31.1 Å². The van der Waals surface area contributed by atoms with E-state index in [4.69, 9.17) is 23.2 Å². The van der Waals surface area contributed by atoms with E-state index in [1.54, 1.807) is 29.3 Å². The Bertz CT molecular complexity index is 1020. The van der Waals surface area contributed by atoms with Crippen molar-refractivity contribution < 1.29 is 4.79 Å². The second kappa shape index (κ2) is 9.29. The fourth-order valence-electron chi connectivity index (χ4n) is 3.39. The third-order valence-electron chi connectivity index (χ3n) is 5.04. The summed E-state index contributed by atoms with van der Waals surface area (Å²) in [5, 5.41) is 3.26. The summed E-state index contributed by atoms with van der Waals surface area (Å²) >= 11 is 13.0. The molecule has 150 valence electrons. The number of hydrogen-bond donors (Lipinski definition) is 0. The molecule has 1 amide bonds. The molecule has 0 spiro atoms. The lowest BCUT2D eigenvalue weighted by Crippen LogP contribution is -2.48. The minimum atomic E-state index is -0.0346. The van der Waals surface area contributed by atoms with Gasteiger partial charge in [0.2, 0.25) is 5.91 Å². The number of carbonyl (C=O) groups is 1. The third-order valence-corrected chi connectivity index (χ3v) is 5.76. The Balaban J connectivity index is 2.00. The Labute approximate surface area is 181 Å². The van der Waals surface area contributed by atoms with Crippen LogP contribution in [0, 0.1) is 0 Å². The normalized spacial score (nSPS) is 15.6. The maximum atomic E-state index is 11.8. The molecule has 0 saturated carbocycles. The highest BCUT2D eigenvalue weighted by Crippen LogP contribution is 2.35. The molecule has 1 saturated heterocycles. The van der Waals surface area contributed by atoms with Crippen molar-refractivity contribution >= 4 is 51.3 Å². The number of halogens is 2.